The smallest absolute Gasteiger partial charge is 0.342 e. The molecule has 0 spiro atoms. The van der Waals surface area contributed by atoms with Crippen molar-refractivity contribution in [3.05, 3.63) is 53.3 Å². The molecule has 0 unspecified atom stereocenters. The van der Waals surface area contributed by atoms with Crippen molar-refractivity contribution in [2.45, 2.75) is 20.0 Å². The van der Waals surface area contributed by atoms with E-state index in [-0.39, 0.29) is 18.6 Å². The van der Waals surface area contributed by atoms with Crippen molar-refractivity contribution in [1.82, 2.24) is 0 Å². The average molecular weight is 271 g/mol. The number of carbonyl (C=O) groups excluding carboxylic acids is 1. The predicted molar refractivity (Wildman–Crippen MR) is 74.6 cm³/mol. The second kappa shape index (κ2) is 9.57. The van der Waals surface area contributed by atoms with Crippen LogP contribution >= 0.6 is 0 Å². The molecule has 1 rings (SSSR count). The second-order valence-corrected chi connectivity index (χ2v) is 3.88. The summed E-state index contributed by atoms with van der Waals surface area (Å²) in [6, 6.07) is 11.7. The van der Waals surface area contributed by atoms with E-state index in [1.165, 1.54) is 0 Å². The van der Waals surface area contributed by atoms with Crippen LogP contribution < -0.4 is 0 Å². The van der Waals surface area contributed by atoms with Gasteiger partial charge < -0.3 is 9.47 Å². The molecule has 0 amide bonds. The molecule has 4 heteroatoms. The fraction of sp³-hybridized carbons (Fsp3) is 0.312. The maximum absolute atomic E-state index is 11.5. The highest BCUT2D eigenvalue weighted by Crippen LogP contribution is 2.02. The van der Waals surface area contributed by atoms with Crippen LogP contribution in [0.3, 0.4) is 0 Å². The van der Waals surface area contributed by atoms with Crippen LogP contribution in [0.2, 0.25) is 0 Å². The van der Waals surface area contributed by atoms with Crippen LogP contribution in [0.1, 0.15) is 18.9 Å². The molecular weight excluding hydrogens is 254 g/mol. The molecule has 0 aromatic heterocycles. The number of benzene rings is 1. The third-order valence-corrected chi connectivity index (χ3v) is 2.37. The summed E-state index contributed by atoms with van der Waals surface area (Å²) in [7, 11) is 0. The second-order valence-electron chi connectivity index (χ2n) is 3.88. The molecule has 1 aromatic carbocycles. The van der Waals surface area contributed by atoms with Gasteiger partial charge in [0.2, 0.25) is 0 Å². The van der Waals surface area contributed by atoms with Gasteiger partial charge in [-0.1, -0.05) is 30.3 Å². The maximum Gasteiger partial charge on any atom is 0.342 e. The molecule has 0 saturated carbocycles. The topological polar surface area (TPSA) is 59.3 Å². The predicted octanol–water partition coefficient (Wildman–Crippen LogP) is 2.76. The zero-order valence-corrected chi connectivity index (χ0v) is 11.5. The van der Waals surface area contributed by atoms with Crippen LogP contribution in [0.15, 0.2) is 47.7 Å². The summed E-state index contributed by atoms with van der Waals surface area (Å²) in [5.41, 5.74) is 4.06. The Hall–Kier alpha value is -2.34. The van der Waals surface area contributed by atoms with E-state index < -0.39 is 5.97 Å². The summed E-state index contributed by atoms with van der Waals surface area (Å²) < 4.78 is 10.3. The number of esters is 1. The van der Waals surface area contributed by atoms with E-state index >= 15 is 0 Å². The number of hydrogen-bond acceptors (Lipinski definition) is 4. The largest absolute Gasteiger partial charge is 0.462 e. The molecule has 0 aliphatic carbocycles. The summed E-state index contributed by atoms with van der Waals surface area (Å²) >= 11 is 0. The highest BCUT2D eigenvalue weighted by atomic mass is 16.5. The van der Waals surface area contributed by atoms with Crippen LogP contribution in [0.25, 0.3) is 0 Å². The first-order valence-corrected chi connectivity index (χ1v) is 6.37. The maximum atomic E-state index is 11.5. The molecule has 4 nitrogen and oxygen atoms in total. The highest BCUT2D eigenvalue weighted by molar-refractivity contribution is 5.88. The molecule has 0 radical (unpaired) electrons. The summed E-state index contributed by atoms with van der Waals surface area (Å²) in [4.78, 5) is 11.5. The van der Waals surface area contributed by atoms with Crippen molar-refractivity contribution in [3.63, 3.8) is 0 Å². The minimum absolute atomic E-state index is 0.0198. The molecule has 0 atom stereocenters. The Labute approximate surface area is 118 Å². The molecule has 0 aliphatic heterocycles. The minimum Gasteiger partial charge on any atom is -0.462 e. The van der Waals surface area contributed by atoms with Crippen molar-refractivity contribution in [2.24, 2.45) is 0 Å². The van der Waals surface area contributed by atoms with Gasteiger partial charge in [0.05, 0.1) is 37.9 Å². The van der Waals surface area contributed by atoms with Gasteiger partial charge in [-0.3, -0.25) is 0 Å². The third-order valence-electron chi connectivity index (χ3n) is 2.37. The summed E-state index contributed by atoms with van der Waals surface area (Å²) in [5.74, 6) is -0.506. The number of ether oxygens (including phenoxy) is 2. The molecule has 0 bridgehead atoms. The van der Waals surface area contributed by atoms with Crippen LogP contribution in [0.4, 0.5) is 0 Å². The average Bonchev–Trinajstić information content (AvgIpc) is 2.47. The Morgan fingerprint density at radius 2 is 2.10 bits per heavy atom. The van der Waals surface area contributed by atoms with Crippen LogP contribution in [-0.4, -0.2) is 19.2 Å². The first-order chi connectivity index (χ1) is 9.77. The summed E-state index contributed by atoms with van der Waals surface area (Å²) in [5, 5.41) is 8.64. The highest BCUT2D eigenvalue weighted by Gasteiger charge is 2.08. The van der Waals surface area contributed by atoms with E-state index in [1.807, 2.05) is 36.4 Å². The van der Waals surface area contributed by atoms with Crippen molar-refractivity contribution < 1.29 is 14.3 Å². The SMILES string of the molecule is CCOC(=O)C(=C=CCOCc1ccccc1)CC#N. The molecule has 0 fully saturated rings. The van der Waals surface area contributed by atoms with Gasteiger partial charge in [0, 0.05) is 0 Å². The zero-order chi connectivity index (χ0) is 14.6. The lowest BCUT2D eigenvalue weighted by Gasteiger charge is -2.01. The summed E-state index contributed by atoms with van der Waals surface area (Å²) in [6.45, 7) is 2.81. The summed E-state index contributed by atoms with van der Waals surface area (Å²) in [6.07, 6.45) is 1.57. The van der Waals surface area contributed by atoms with Crippen molar-refractivity contribution >= 4 is 5.97 Å². The Morgan fingerprint density at radius 1 is 1.35 bits per heavy atom. The molecule has 104 valence electrons. The van der Waals surface area contributed by atoms with E-state index in [9.17, 15) is 4.79 Å². The van der Waals surface area contributed by atoms with E-state index in [1.54, 1.807) is 13.0 Å². The Balaban J connectivity index is 2.48. The third kappa shape index (κ3) is 6.01. The first kappa shape index (κ1) is 15.7. The van der Waals surface area contributed by atoms with Gasteiger partial charge in [-0.25, -0.2) is 4.79 Å². The number of nitriles is 1. The quantitative estimate of drug-likeness (QED) is 0.331. The Morgan fingerprint density at radius 3 is 2.75 bits per heavy atom. The van der Waals surface area contributed by atoms with Crippen molar-refractivity contribution in [2.75, 3.05) is 13.2 Å². The van der Waals surface area contributed by atoms with E-state index in [2.05, 4.69) is 5.73 Å². The molecule has 1 aromatic rings. The minimum atomic E-state index is -0.506. The van der Waals surface area contributed by atoms with Gasteiger partial charge in [-0.15, -0.1) is 5.73 Å². The first-order valence-electron chi connectivity index (χ1n) is 6.37. The standard InChI is InChI=1S/C16H17NO3/c1-2-20-16(18)15(10-11-17)9-6-12-19-13-14-7-4-3-5-8-14/h3-8H,2,10,12-13H2,1H3. The Kier molecular flexibility index (Phi) is 7.52. The lowest BCUT2D eigenvalue weighted by atomic mass is 10.2. The van der Waals surface area contributed by atoms with Crippen LogP contribution in [0.5, 0.6) is 0 Å². The Bertz CT molecular complexity index is 522. The van der Waals surface area contributed by atoms with Gasteiger partial charge in [0.1, 0.15) is 0 Å². The van der Waals surface area contributed by atoms with Crippen molar-refractivity contribution in [3.8, 4) is 6.07 Å². The van der Waals surface area contributed by atoms with Gasteiger partial charge in [0.15, 0.2) is 0 Å². The van der Waals surface area contributed by atoms with Crippen LogP contribution in [-0.2, 0) is 20.9 Å². The molecular formula is C16H17NO3. The van der Waals surface area contributed by atoms with Gasteiger partial charge in [-0.05, 0) is 18.6 Å². The lowest BCUT2D eigenvalue weighted by Crippen LogP contribution is -2.06. The lowest BCUT2D eigenvalue weighted by molar-refractivity contribution is -0.138. The molecule has 0 saturated heterocycles. The van der Waals surface area contributed by atoms with Crippen molar-refractivity contribution in [1.29, 1.82) is 5.26 Å². The monoisotopic (exact) mass is 271 g/mol. The van der Waals surface area contributed by atoms with E-state index in [0.29, 0.717) is 13.2 Å². The van der Waals surface area contributed by atoms with E-state index in [4.69, 9.17) is 14.7 Å². The fourth-order valence-electron chi connectivity index (χ4n) is 1.45. The van der Waals surface area contributed by atoms with Gasteiger partial charge >= 0.3 is 5.97 Å². The number of hydrogen-bond donors (Lipinski definition) is 0. The normalized spacial score (nSPS) is 9.20. The van der Waals surface area contributed by atoms with E-state index in [0.717, 1.165) is 5.56 Å². The number of nitrogens with zero attached hydrogens (tertiary/aromatic N) is 1. The fourth-order valence-corrected chi connectivity index (χ4v) is 1.45. The number of rotatable bonds is 7. The molecule has 0 N–H and O–H groups in total. The zero-order valence-electron chi connectivity index (χ0n) is 11.5. The van der Waals surface area contributed by atoms with Gasteiger partial charge in [-0.2, -0.15) is 5.26 Å². The van der Waals surface area contributed by atoms with Gasteiger partial charge in [0.25, 0.3) is 0 Å². The van der Waals surface area contributed by atoms with Crippen LogP contribution in [0, 0.1) is 11.3 Å². The molecule has 0 aliphatic rings. The molecule has 20 heavy (non-hydrogen) atoms. The number of carbonyl (C=O) groups is 1. The molecule has 0 heterocycles.